The zero-order valence-electron chi connectivity index (χ0n) is 12.6. The van der Waals surface area contributed by atoms with Gasteiger partial charge in [-0.1, -0.05) is 25.0 Å². The molecule has 0 aromatic heterocycles. The lowest BCUT2D eigenvalue weighted by atomic mass is 10.0. The lowest BCUT2D eigenvalue weighted by molar-refractivity contribution is -0.127. The van der Waals surface area contributed by atoms with E-state index >= 15 is 0 Å². The second-order valence-corrected chi connectivity index (χ2v) is 5.15. The molecule has 120 valence electrons. The highest BCUT2D eigenvalue weighted by atomic mass is 16.5. The van der Waals surface area contributed by atoms with Crippen LogP contribution in [0.25, 0.3) is 0 Å². The summed E-state index contributed by atoms with van der Waals surface area (Å²) in [5, 5.41) is 5.32. The second-order valence-electron chi connectivity index (χ2n) is 5.15. The van der Waals surface area contributed by atoms with Crippen molar-refractivity contribution in [2.24, 2.45) is 5.73 Å². The average Bonchev–Trinajstić information content (AvgIpc) is 2.44. The van der Waals surface area contributed by atoms with E-state index < -0.39 is 0 Å². The number of nitrogens with two attached hydrogens (primary N) is 1. The van der Waals surface area contributed by atoms with Crippen molar-refractivity contribution in [3.05, 3.63) is 12.2 Å². The average molecular weight is 297 g/mol. The number of nitrogens with one attached hydrogen (secondary N) is 2. The van der Waals surface area contributed by atoms with Crippen LogP contribution in [-0.4, -0.2) is 44.2 Å². The SMILES string of the molecule is NCCNC(=O)CCNC(=O)COC1/C=C\CCCCC1. The molecule has 0 aromatic carbocycles. The summed E-state index contributed by atoms with van der Waals surface area (Å²) in [7, 11) is 0. The first-order valence-electron chi connectivity index (χ1n) is 7.74. The Morgan fingerprint density at radius 2 is 1.95 bits per heavy atom. The first-order chi connectivity index (χ1) is 10.2. The molecular formula is C15H27N3O3. The molecule has 0 heterocycles. The van der Waals surface area contributed by atoms with Gasteiger partial charge in [0.25, 0.3) is 0 Å². The Labute approximate surface area is 126 Å². The van der Waals surface area contributed by atoms with E-state index in [1.54, 1.807) is 0 Å². The number of amides is 2. The smallest absolute Gasteiger partial charge is 0.246 e. The van der Waals surface area contributed by atoms with Crippen LogP contribution in [0.5, 0.6) is 0 Å². The van der Waals surface area contributed by atoms with Crippen molar-refractivity contribution in [2.45, 2.75) is 44.6 Å². The van der Waals surface area contributed by atoms with E-state index in [1.807, 2.05) is 6.08 Å². The number of hydrogen-bond acceptors (Lipinski definition) is 4. The number of hydrogen-bond donors (Lipinski definition) is 3. The summed E-state index contributed by atoms with van der Waals surface area (Å²) < 4.78 is 5.59. The fourth-order valence-corrected chi connectivity index (χ4v) is 2.12. The highest BCUT2D eigenvalue weighted by Crippen LogP contribution is 2.13. The number of ether oxygens (including phenoxy) is 1. The van der Waals surface area contributed by atoms with Crippen LogP contribution < -0.4 is 16.4 Å². The Bertz CT molecular complexity index is 345. The number of rotatable bonds is 8. The molecule has 0 fully saturated rings. The Kier molecular flexibility index (Phi) is 9.48. The first-order valence-corrected chi connectivity index (χ1v) is 7.74. The van der Waals surface area contributed by atoms with Gasteiger partial charge in [0, 0.05) is 26.1 Å². The molecule has 0 saturated carbocycles. The lowest BCUT2D eigenvalue weighted by Gasteiger charge is -2.16. The molecule has 0 bridgehead atoms. The van der Waals surface area contributed by atoms with Crippen molar-refractivity contribution >= 4 is 11.8 Å². The van der Waals surface area contributed by atoms with Gasteiger partial charge in [0.15, 0.2) is 0 Å². The van der Waals surface area contributed by atoms with E-state index in [2.05, 4.69) is 16.7 Å². The van der Waals surface area contributed by atoms with Gasteiger partial charge < -0.3 is 21.1 Å². The van der Waals surface area contributed by atoms with Crippen LogP contribution in [0.2, 0.25) is 0 Å². The molecule has 0 saturated heterocycles. The third-order valence-electron chi connectivity index (χ3n) is 3.28. The van der Waals surface area contributed by atoms with E-state index in [0.29, 0.717) is 19.6 Å². The molecule has 0 radical (unpaired) electrons. The van der Waals surface area contributed by atoms with Gasteiger partial charge in [0.1, 0.15) is 6.61 Å². The zero-order chi connectivity index (χ0) is 15.3. The van der Waals surface area contributed by atoms with Crippen LogP contribution in [0.15, 0.2) is 12.2 Å². The maximum absolute atomic E-state index is 11.6. The molecule has 6 heteroatoms. The third-order valence-corrected chi connectivity index (χ3v) is 3.28. The molecule has 2 amide bonds. The lowest BCUT2D eigenvalue weighted by Crippen LogP contribution is -2.35. The largest absolute Gasteiger partial charge is 0.364 e. The maximum Gasteiger partial charge on any atom is 0.246 e. The van der Waals surface area contributed by atoms with Crippen molar-refractivity contribution in [3.8, 4) is 0 Å². The fourth-order valence-electron chi connectivity index (χ4n) is 2.12. The van der Waals surface area contributed by atoms with Gasteiger partial charge in [-0.25, -0.2) is 0 Å². The summed E-state index contributed by atoms with van der Waals surface area (Å²) in [5.41, 5.74) is 5.28. The summed E-state index contributed by atoms with van der Waals surface area (Å²) in [5.74, 6) is -0.290. The van der Waals surface area contributed by atoms with Crippen LogP contribution in [0.1, 0.15) is 38.5 Å². The van der Waals surface area contributed by atoms with Crippen molar-refractivity contribution in [1.29, 1.82) is 0 Å². The quantitative estimate of drug-likeness (QED) is 0.568. The Morgan fingerprint density at radius 3 is 2.76 bits per heavy atom. The van der Waals surface area contributed by atoms with Gasteiger partial charge in [0.2, 0.25) is 11.8 Å². The minimum atomic E-state index is -0.183. The Balaban J connectivity index is 2.10. The molecular weight excluding hydrogens is 270 g/mol. The van der Waals surface area contributed by atoms with Crippen molar-refractivity contribution in [2.75, 3.05) is 26.2 Å². The molecule has 0 spiro atoms. The number of allylic oxidation sites excluding steroid dienone is 1. The van der Waals surface area contributed by atoms with Gasteiger partial charge in [-0.2, -0.15) is 0 Å². The van der Waals surface area contributed by atoms with Gasteiger partial charge in [0.05, 0.1) is 6.10 Å². The molecule has 21 heavy (non-hydrogen) atoms. The van der Waals surface area contributed by atoms with E-state index in [4.69, 9.17) is 10.5 Å². The molecule has 6 nitrogen and oxygen atoms in total. The Hall–Kier alpha value is -1.40. The normalized spacial score (nSPS) is 20.1. The van der Waals surface area contributed by atoms with Crippen molar-refractivity contribution in [3.63, 3.8) is 0 Å². The summed E-state index contributed by atoms with van der Waals surface area (Å²) in [6.45, 7) is 1.24. The molecule has 0 aromatic rings. The van der Waals surface area contributed by atoms with Crippen LogP contribution in [0.3, 0.4) is 0 Å². The molecule has 1 aliphatic carbocycles. The van der Waals surface area contributed by atoms with Crippen LogP contribution in [-0.2, 0) is 14.3 Å². The zero-order valence-corrected chi connectivity index (χ0v) is 12.6. The topological polar surface area (TPSA) is 93.5 Å². The minimum absolute atomic E-state index is 0.0314. The molecule has 0 aliphatic heterocycles. The highest BCUT2D eigenvalue weighted by molar-refractivity contribution is 5.79. The molecule has 1 unspecified atom stereocenters. The van der Waals surface area contributed by atoms with Gasteiger partial charge in [-0.05, 0) is 19.3 Å². The highest BCUT2D eigenvalue weighted by Gasteiger charge is 2.10. The fraction of sp³-hybridized carbons (Fsp3) is 0.733. The summed E-state index contributed by atoms with van der Waals surface area (Å²) in [4.78, 5) is 22.9. The Morgan fingerprint density at radius 1 is 1.14 bits per heavy atom. The van der Waals surface area contributed by atoms with Crippen molar-refractivity contribution in [1.82, 2.24) is 10.6 Å². The standard InChI is InChI=1S/C15H27N3O3/c16-9-11-18-14(19)8-10-17-15(20)12-21-13-6-4-2-1-3-5-7-13/h4,6,13H,1-3,5,7-12,16H2,(H,17,20)(H,18,19)/b6-4-. The molecule has 1 aliphatic rings. The predicted molar refractivity (Wildman–Crippen MR) is 81.7 cm³/mol. The summed E-state index contributed by atoms with van der Waals surface area (Å²) in [6, 6.07) is 0. The van der Waals surface area contributed by atoms with Gasteiger partial charge in [-0.15, -0.1) is 0 Å². The third kappa shape index (κ3) is 9.20. The van der Waals surface area contributed by atoms with Crippen LogP contribution in [0.4, 0.5) is 0 Å². The van der Waals surface area contributed by atoms with Gasteiger partial charge >= 0.3 is 0 Å². The second kappa shape index (κ2) is 11.3. The van der Waals surface area contributed by atoms with E-state index in [9.17, 15) is 9.59 Å². The number of carbonyl (C=O) groups is 2. The predicted octanol–water partition coefficient (Wildman–Crippen LogP) is 0.473. The van der Waals surface area contributed by atoms with E-state index in [0.717, 1.165) is 19.3 Å². The summed E-state index contributed by atoms with van der Waals surface area (Å²) >= 11 is 0. The van der Waals surface area contributed by atoms with Gasteiger partial charge in [-0.3, -0.25) is 9.59 Å². The number of carbonyl (C=O) groups excluding carboxylic acids is 2. The van der Waals surface area contributed by atoms with Crippen LogP contribution >= 0.6 is 0 Å². The molecule has 4 N–H and O–H groups in total. The minimum Gasteiger partial charge on any atom is -0.364 e. The van der Waals surface area contributed by atoms with Crippen LogP contribution in [0, 0.1) is 0 Å². The first kappa shape index (κ1) is 17.7. The molecule has 1 atom stereocenters. The monoisotopic (exact) mass is 297 g/mol. The van der Waals surface area contributed by atoms with E-state index in [1.165, 1.54) is 12.8 Å². The van der Waals surface area contributed by atoms with E-state index in [-0.39, 0.29) is 30.9 Å². The maximum atomic E-state index is 11.6. The summed E-state index contributed by atoms with van der Waals surface area (Å²) in [6.07, 6.45) is 10.1. The molecule has 1 rings (SSSR count). The van der Waals surface area contributed by atoms with Crippen molar-refractivity contribution < 1.29 is 14.3 Å².